The SMILES string of the molecule is CNc1ccc(C(=O)NCC(O)C2Cc3ccccc3CN2)cn1.Cl.Cl. The molecule has 1 aliphatic rings. The average Bonchev–Trinajstić information content (AvgIpc) is 2.65. The molecule has 8 heteroatoms. The number of aromatic nitrogens is 1. The van der Waals surface area contributed by atoms with Gasteiger partial charge in [-0.25, -0.2) is 4.98 Å². The van der Waals surface area contributed by atoms with Crippen LogP contribution in [0.1, 0.15) is 21.5 Å². The molecule has 2 heterocycles. The predicted octanol–water partition coefficient (Wildman–Crippen LogP) is 1.77. The Morgan fingerprint density at radius 1 is 1.27 bits per heavy atom. The second kappa shape index (κ2) is 10.3. The van der Waals surface area contributed by atoms with Gasteiger partial charge in [0.2, 0.25) is 0 Å². The van der Waals surface area contributed by atoms with Crippen LogP contribution in [-0.4, -0.2) is 41.7 Å². The highest BCUT2D eigenvalue weighted by atomic mass is 35.5. The van der Waals surface area contributed by atoms with Crippen LogP contribution in [0.2, 0.25) is 0 Å². The first kappa shape index (κ1) is 22.2. The van der Waals surface area contributed by atoms with Crippen molar-refractivity contribution in [1.82, 2.24) is 15.6 Å². The van der Waals surface area contributed by atoms with Gasteiger partial charge in [-0.15, -0.1) is 24.8 Å². The topological polar surface area (TPSA) is 86.3 Å². The van der Waals surface area contributed by atoms with Gasteiger partial charge in [-0.1, -0.05) is 24.3 Å². The van der Waals surface area contributed by atoms with Crippen LogP contribution < -0.4 is 16.0 Å². The molecule has 0 aliphatic carbocycles. The number of aliphatic hydroxyl groups excluding tert-OH is 1. The molecule has 2 aromatic rings. The molecule has 1 amide bonds. The Bertz CT molecular complexity index is 713. The molecule has 2 unspecified atom stereocenters. The second-order valence-electron chi connectivity index (χ2n) is 5.92. The van der Waals surface area contributed by atoms with Gasteiger partial charge < -0.3 is 21.1 Å². The lowest BCUT2D eigenvalue weighted by atomic mass is 9.93. The maximum atomic E-state index is 12.1. The number of carbonyl (C=O) groups excluding carboxylic acids is 1. The molecule has 0 bridgehead atoms. The largest absolute Gasteiger partial charge is 0.390 e. The molecule has 1 aliphatic heterocycles. The highest BCUT2D eigenvalue weighted by molar-refractivity contribution is 5.94. The third-order valence-corrected chi connectivity index (χ3v) is 4.33. The van der Waals surface area contributed by atoms with E-state index in [-0.39, 0.29) is 43.3 Å². The molecule has 0 spiro atoms. The Kier molecular flexibility index (Phi) is 8.81. The molecule has 4 N–H and O–H groups in total. The third kappa shape index (κ3) is 5.32. The molecule has 142 valence electrons. The van der Waals surface area contributed by atoms with E-state index in [0.29, 0.717) is 11.4 Å². The Balaban J connectivity index is 0.00000169. The molecule has 0 saturated carbocycles. The van der Waals surface area contributed by atoms with Crippen molar-refractivity contribution in [2.45, 2.75) is 25.1 Å². The Morgan fingerprint density at radius 2 is 2.00 bits per heavy atom. The van der Waals surface area contributed by atoms with Crippen LogP contribution in [-0.2, 0) is 13.0 Å². The number of nitrogens with one attached hydrogen (secondary N) is 3. The highest BCUT2D eigenvalue weighted by Crippen LogP contribution is 2.17. The lowest BCUT2D eigenvalue weighted by Crippen LogP contribution is -2.49. The predicted molar refractivity (Wildman–Crippen MR) is 107 cm³/mol. The summed E-state index contributed by atoms with van der Waals surface area (Å²) in [5.41, 5.74) is 2.99. The molecule has 3 rings (SSSR count). The van der Waals surface area contributed by atoms with Gasteiger partial charge in [-0.05, 0) is 29.7 Å². The van der Waals surface area contributed by atoms with Crippen LogP contribution in [0, 0.1) is 0 Å². The number of carbonyl (C=O) groups is 1. The molecule has 0 saturated heterocycles. The molecule has 1 aromatic heterocycles. The van der Waals surface area contributed by atoms with Gasteiger partial charge in [0.05, 0.1) is 11.7 Å². The molecule has 0 radical (unpaired) electrons. The summed E-state index contributed by atoms with van der Waals surface area (Å²) in [6, 6.07) is 11.6. The minimum absolute atomic E-state index is 0. The fourth-order valence-electron chi connectivity index (χ4n) is 2.87. The molecule has 2 atom stereocenters. The van der Waals surface area contributed by atoms with E-state index < -0.39 is 6.10 Å². The summed E-state index contributed by atoms with van der Waals surface area (Å²) in [7, 11) is 1.77. The van der Waals surface area contributed by atoms with Gasteiger partial charge >= 0.3 is 0 Å². The second-order valence-corrected chi connectivity index (χ2v) is 5.92. The van der Waals surface area contributed by atoms with Crippen LogP contribution in [0.4, 0.5) is 5.82 Å². The van der Waals surface area contributed by atoms with Crippen LogP contribution in [0.15, 0.2) is 42.6 Å². The summed E-state index contributed by atoms with van der Waals surface area (Å²) in [5, 5.41) is 19.4. The Labute approximate surface area is 165 Å². The molecular formula is C18H24Cl2N4O2. The van der Waals surface area contributed by atoms with Gasteiger partial charge in [0.25, 0.3) is 5.91 Å². The summed E-state index contributed by atoms with van der Waals surface area (Å²) in [4.78, 5) is 16.2. The fourth-order valence-corrected chi connectivity index (χ4v) is 2.87. The summed E-state index contributed by atoms with van der Waals surface area (Å²) < 4.78 is 0. The smallest absolute Gasteiger partial charge is 0.252 e. The summed E-state index contributed by atoms with van der Waals surface area (Å²) in [6.45, 7) is 0.938. The maximum Gasteiger partial charge on any atom is 0.252 e. The van der Waals surface area contributed by atoms with Gasteiger partial charge in [0.15, 0.2) is 0 Å². The van der Waals surface area contributed by atoms with Crippen molar-refractivity contribution < 1.29 is 9.90 Å². The summed E-state index contributed by atoms with van der Waals surface area (Å²) >= 11 is 0. The van der Waals surface area contributed by atoms with Crippen molar-refractivity contribution in [3.8, 4) is 0 Å². The number of amides is 1. The molecule has 6 nitrogen and oxygen atoms in total. The third-order valence-electron chi connectivity index (χ3n) is 4.33. The van der Waals surface area contributed by atoms with Crippen molar-refractivity contribution >= 4 is 36.5 Å². The minimum Gasteiger partial charge on any atom is -0.390 e. The van der Waals surface area contributed by atoms with Crippen LogP contribution in [0.3, 0.4) is 0 Å². The lowest BCUT2D eigenvalue weighted by Gasteiger charge is -2.30. The first-order valence-electron chi connectivity index (χ1n) is 8.07. The van der Waals surface area contributed by atoms with Gasteiger partial charge in [-0.2, -0.15) is 0 Å². The monoisotopic (exact) mass is 398 g/mol. The Morgan fingerprint density at radius 3 is 2.65 bits per heavy atom. The number of halogens is 2. The number of aliphatic hydroxyl groups is 1. The van der Waals surface area contributed by atoms with E-state index in [1.165, 1.54) is 17.3 Å². The quantitative estimate of drug-likeness (QED) is 0.616. The maximum absolute atomic E-state index is 12.1. The number of hydrogen-bond donors (Lipinski definition) is 4. The zero-order chi connectivity index (χ0) is 16.9. The van der Waals surface area contributed by atoms with Crippen molar-refractivity contribution in [3.63, 3.8) is 0 Å². The van der Waals surface area contributed by atoms with E-state index in [1.54, 1.807) is 19.2 Å². The van der Waals surface area contributed by atoms with E-state index in [2.05, 4.69) is 33.1 Å². The van der Waals surface area contributed by atoms with Crippen molar-refractivity contribution in [2.24, 2.45) is 0 Å². The van der Waals surface area contributed by atoms with E-state index in [0.717, 1.165) is 13.0 Å². The zero-order valence-electron chi connectivity index (χ0n) is 14.4. The number of nitrogens with zero attached hydrogens (tertiary/aromatic N) is 1. The van der Waals surface area contributed by atoms with E-state index in [1.807, 2.05) is 12.1 Å². The average molecular weight is 399 g/mol. The molecular weight excluding hydrogens is 375 g/mol. The van der Waals surface area contributed by atoms with Crippen LogP contribution in [0.25, 0.3) is 0 Å². The fraction of sp³-hybridized carbons (Fsp3) is 0.333. The summed E-state index contributed by atoms with van der Waals surface area (Å²) in [6.07, 6.45) is 1.63. The number of pyridine rings is 1. The normalized spacial score (nSPS) is 16.3. The van der Waals surface area contributed by atoms with Crippen molar-refractivity contribution in [3.05, 3.63) is 59.3 Å². The zero-order valence-corrected chi connectivity index (χ0v) is 16.1. The van der Waals surface area contributed by atoms with Crippen molar-refractivity contribution in [2.75, 3.05) is 18.9 Å². The Hall–Kier alpha value is -1.86. The van der Waals surface area contributed by atoms with Gasteiger partial charge in [0.1, 0.15) is 5.82 Å². The number of benzene rings is 1. The minimum atomic E-state index is -0.646. The molecule has 1 aromatic carbocycles. The first-order valence-corrected chi connectivity index (χ1v) is 8.07. The van der Waals surface area contributed by atoms with Crippen LogP contribution >= 0.6 is 24.8 Å². The van der Waals surface area contributed by atoms with Crippen LogP contribution in [0.5, 0.6) is 0 Å². The number of anilines is 1. The van der Waals surface area contributed by atoms with Gasteiger partial charge in [-0.3, -0.25) is 4.79 Å². The summed E-state index contributed by atoms with van der Waals surface area (Å²) in [5.74, 6) is 0.470. The number of rotatable bonds is 5. The van der Waals surface area contributed by atoms with Crippen molar-refractivity contribution in [1.29, 1.82) is 0 Å². The highest BCUT2D eigenvalue weighted by Gasteiger charge is 2.24. The van der Waals surface area contributed by atoms with E-state index in [4.69, 9.17) is 0 Å². The van der Waals surface area contributed by atoms with E-state index in [9.17, 15) is 9.90 Å². The molecule has 26 heavy (non-hydrogen) atoms. The lowest BCUT2D eigenvalue weighted by molar-refractivity contribution is 0.0869. The number of hydrogen-bond acceptors (Lipinski definition) is 5. The van der Waals surface area contributed by atoms with Gasteiger partial charge in [0, 0.05) is 32.4 Å². The first-order chi connectivity index (χ1) is 11.7. The number of fused-ring (bicyclic) bond motifs is 1. The van der Waals surface area contributed by atoms with E-state index >= 15 is 0 Å². The molecule has 0 fully saturated rings. The standard InChI is InChI=1S/C18H22N4O2.2ClH/c1-19-17-7-6-14(10-21-17)18(24)22-11-16(23)15-8-12-4-2-3-5-13(12)9-20-15;;/h2-7,10,15-16,20,23H,8-9,11H2,1H3,(H,19,21)(H,22,24);2*1H.